The van der Waals surface area contributed by atoms with Crippen LogP contribution in [0.25, 0.3) is 17.0 Å². The van der Waals surface area contributed by atoms with Crippen LogP contribution in [0.15, 0.2) is 90.2 Å². The van der Waals surface area contributed by atoms with Gasteiger partial charge < -0.3 is 20.1 Å². The van der Waals surface area contributed by atoms with Crippen LogP contribution >= 0.6 is 0 Å². The predicted molar refractivity (Wildman–Crippen MR) is 212 cm³/mol. The maximum atomic E-state index is 13.6. The number of carboxylic acids is 1. The van der Waals surface area contributed by atoms with Gasteiger partial charge >= 0.3 is 12.1 Å². The molecule has 1 unspecified atom stereocenters. The summed E-state index contributed by atoms with van der Waals surface area (Å²) in [5.41, 5.74) is 3.02. The number of methoxy groups -OCH3 is 1. The third-order valence-corrected chi connectivity index (χ3v) is 10.8. The number of carbonyl (C=O) groups excluding carboxylic acids is 2. The maximum Gasteiger partial charge on any atom is 0.416 e. The van der Waals surface area contributed by atoms with E-state index in [4.69, 9.17) is 4.74 Å². The fourth-order valence-electron chi connectivity index (χ4n) is 7.82. The summed E-state index contributed by atoms with van der Waals surface area (Å²) in [4.78, 5) is 52.9. The summed E-state index contributed by atoms with van der Waals surface area (Å²) < 4.78 is 45.7. The number of carbonyl (C=O) groups is 3. The van der Waals surface area contributed by atoms with E-state index in [2.05, 4.69) is 26.4 Å². The number of hydrogen-bond donors (Lipinski definition) is 2. The number of aliphatic carboxylic acids is 1. The average molecular weight is 782 g/mol. The van der Waals surface area contributed by atoms with Crippen LogP contribution < -0.4 is 10.1 Å². The highest BCUT2D eigenvalue weighted by Gasteiger charge is 2.34. The summed E-state index contributed by atoms with van der Waals surface area (Å²) in [6.45, 7) is 1.45. The molecule has 1 saturated carbocycles. The molecule has 1 heterocycles. The second-order valence-electron chi connectivity index (χ2n) is 14.6. The van der Waals surface area contributed by atoms with Crippen molar-refractivity contribution in [1.29, 1.82) is 0 Å². The van der Waals surface area contributed by atoms with E-state index in [1.165, 1.54) is 86.1 Å². The Morgan fingerprint density at radius 2 is 1.63 bits per heavy atom. The first-order chi connectivity index (χ1) is 27.4. The van der Waals surface area contributed by atoms with Gasteiger partial charge in [0.1, 0.15) is 12.3 Å². The molecule has 2 amide bonds. The lowest BCUT2D eigenvalue weighted by atomic mass is 9.72. The normalized spacial score (nSPS) is 18.5. The van der Waals surface area contributed by atoms with E-state index < -0.39 is 42.5 Å². The minimum atomic E-state index is -4.68. The molecule has 4 aromatic rings. The van der Waals surface area contributed by atoms with Gasteiger partial charge in [0.15, 0.2) is 5.82 Å². The third kappa shape index (κ3) is 10.7. The molecule has 0 spiro atoms. The topological polar surface area (TPSA) is 134 Å². The van der Waals surface area contributed by atoms with Crippen LogP contribution in [0.2, 0.25) is 0 Å². The number of rotatable bonds is 13. The smallest absolute Gasteiger partial charge is 0.416 e. The van der Waals surface area contributed by atoms with Gasteiger partial charge in [-0.3, -0.25) is 19.4 Å². The van der Waals surface area contributed by atoms with Crippen LogP contribution in [0.5, 0.6) is 5.75 Å². The fourth-order valence-corrected chi connectivity index (χ4v) is 7.82. The van der Waals surface area contributed by atoms with E-state index in [1.807, 2.05) is 37.7 Å². The number of alkyl halides is 3. The molecule has 2 N–H and O–H groups in total. The number of aromatic nitrogens is 2. The van der Waals surface area contributed by atoms with Gasteiger partial charge in [0.05, 0.1) is 19.1 Å². The fraction of sp³-hybridized carbons (Fsp3) is 0.364. The second kappa shape index (κ2) is 18.4. The van der Waals surface area contributed by atoms with E-state index >= 15 is 0 Å². The Bertz CT molecular complexity index is 2090. The SMILES string of the molecule is CC=NC1CCC(C2CC=C(c3cnc(-c4ccc(CN(CC(=O)O)C(=O)c5ccc(NC(=O)Cc6ccc(OC)cc6C(F)(F)F)cc5)cc4)nc3)CC2)CC1. The van der Waals surface area contributed by atoms with Crippen molar-refractivity contribution >= 4 is 35.3 Å². The van der Waals surface area contributed by atoms with Crippen LogP contribution in [0.3, 0.4) is 0 Å². The van der Waals surface area contributed by atoms with Crippen LogP contribution in [0, 0.1) is 11.8 Å². The minimum Gasteiger partial charge on any atom is -0.497 e. The molecular formula is C44H46F3N5O5. The number of nitrogens with one attached hydrogen (secondary N) is 1. The van der Waals surface area contributed by atoms with Gasteiger partial charge in [-0.15, -0.1) is 0 Å². The Balaban J connectivity index is 1.04. The molecule has 2 aliphatic rings. The van der Waals surface area contributed by atoms with Crippen LogP contribution in [0.4, 0.5) is 18.9 Å². The molecule has 57 heavy (non-hydrogen) atoms. The molecule has 0 radical (unpaired) electrons. The summed E-state index contributed by atoms with van der Waals surface area (Å²) >= 11 is 0. The van der Waals surface area contributed by atoms with Crippen molar-refractivity contribution in [3.63, 3.8) is 0 Å². The number of allylic oxidation sites excluding steroid dienone is 2. The van der Waals surface area contributed by atoms with Crippen molar-refractivity contribution < 1.29 is 37.4 Å². The molecular weight excluding hydrogens is 736 g/mol. The first-order valence-electron chi connectivity index (χ1n) is 19.1. The van der Waals surface area contributed by atoms with Crippen LogP contribution in [-0.4, -0.2) is 63.7 Å². The third-order valence-electron chi connectivity index (χ3n) is 10.8. The maximum absolute atomic E-state index is 13.6. The molecule has 0 saturated heterocycles. The largest absolute Gasteiger partial charge is 0.497 e. The molecule has 1 aromatic heterocycles. The number of aliphatic imine (C=N–C) groups is 1. The predicted octanol–water partition coefficient (Wildman–Crippen LogP) is 8.91. The van der Waals surface area contributed by atoms with E-state index in [0.717, 1.165) is 41.9 Å². The number of amides is 2. The van der Waals surface area contributed by atoms with Gasteiger partial charge in [-0.1, -0.05) is 36.4 Å². The molecule has 0 bridgehead atoms. The van der Waals surface area contributed by atoms with Gasteiger partial charge in [-0.05, 0) is 123 Å². The zero-order valence-corrected chi connectivity index (χ0v) is 32.0. The lowest BCUT2D eigenvalue weighted by Gasteiger charge is -2.34. The van der Waals surface area contributed by atoms with Crippen molar-refractivity contribution in [2.24, 2.45) is 16.8 Å². The lowest BCUT2D eigenvalue weighted by Crippen LogP contribution is -2.35. The lowest BCUT2D eigenvalue weighted by molar-refractivity contribution is -0.139. The molecule has 6 rings (SSSR count). The zero-order valence-electron chi connectivity index (χ0n) is 32.0. The van der Waals surface area contributed by atoms with Crippen LogP contribution in [0.1, 0.15) is 84.5 Å². The van der Waals surface area contributed by atoms with Crippen molar-refractivity contribution in [3.05, 3.63) is 113 Å². The number of nitrogens with zero attached hydrogens (tertiary/aromatic N) is 4. The minimum absolute atomic E-state index is 0.0103. The van der Waals surface area contributed by atoms with Crippen molar-refractivity contribution in [2.45, 2.75) is 77.1 Å². The molecule has 1 fully saturated rings. The van der Waals surface area contributed by atoms with Crippen molar-refractivity contribution in [1.82, 2.24) is 14.9 Å². The van der Waals surface area contributed by atoms with E-state index in [0.29, 0.717) is 17.4 Å². The number of anilines is 1. The van der Waals surface area contributed by atoms with Gasteiger partial charge in [0, 0.05) is 47.4 Å². The zero-order chi connectivity index (χ0) is 40.5. The molecule has 3 aromatic carbocycles. The van der Waals surface area contributed by atoms with E-state index in [9.17, 15) is 32.7 Å². The highest BCUT2D eigenvalue weighted by atomic mass is 19.4. The number of carboxylic acid groups (broad SMARTS) is 1. The standard InChI is InChI=1S/C44H46F3N5O5/c1-3-48-36-17-12-30(13-18-36)29-8-10-31(11-9-29)35-24-49-42(50-25-35)32-6-4-28(5-7-32)26-52(27-41(54)55)43(56)33-14-19-37(20-15-33)51-40(53)22-34-16-21-38(57-2)23-39(34)44(45,46)47/h3-7,10,14-16,19-21,23-25,29-30,36H,8-9,11-13,17-18,22,26-27H2,1-2H3,(H,51,53)(H,54,55). The Morgan fingerprint density at radius 1 is 0.930 bits per heavy atom. The quantitative estimate of drug-likeness (QED) is 0.129. The Hall–Kier alpha value is -5.85. The van der Waals surface area contributed by atoms with E-state index in [-0.39, 0.29) is 29.1 Å². The molecule has 10 nitrogen and oxygen atoms in total. The summed E-state index contributed by atoms with van der Waals surface area (Å²) in [5.74, 6) is -0.363. The number of halogens is 3. The highest BCUT2D eigenvalue weighted by molar-refractivity contribution is 5.97. The number of ether oxygens (including phenoxy) is 1. The average Bonchev–Trinajstić information content (AvgIpc) is 3.21. The highest BCUT2D eigenvalue weighted by Crippen LogP contribution is 2.40. The Labute approximate surface area is 329 Å². The monoisotopic (exact) mass is 781 g/mol. The van der Waals surface area contributed by atoms with Crippen LogP contribution in [-0.2, 0) is 28.7 Å². The number of hydrogen-bond acceptors (Lipinski definition) is 7. The summed E-state index contributed by atoms with van der Waals surface area (Å²) in [5, 5.41) is 12.1. The van der Waals surface area contributed by atoms with E-state index in [1.54, 1.807) is 12.1 Å². The first kappa shape index (κ1) is 40.8. The van der Waals surface area contributed by atoms with Crippen molar-refractivity contribution in [3.8, 4) is 17.1 Å². The Kier molecular flexibility index (Phi) is 13.2. The first-order valence-corrected chi connectivity index (χ1v) is 19.1. The van der Waals surface area contributed by atoms with Gasteiger partial charge in [-0.2, -0.15) is 13.2 Å². The van der Waals surface area contributed by atoms with Gasteiger partial charge in [0.2, 0.25) is 5.91 Å². The summed E-state index contributed by atoms with van der Waals surface area (Å²) in [6.07, 6.45) is 11.0. The van der Waals surface area contributed by atoms with Gasteiger partial charge in [-0.25, -0.2) is 9.97 Å². The molecule has 13 heteroatoms. The van der Waals surface area contributed by atoms with Gasteiger partial charge in [0.25, 0.3) is 5.91 Å². The molecule has 0 aliphatic heterocycles. The second-order valence-corrected chi connectivity index (χ2v) is 14.6. The summed E-state index contributed by atoms with van der Waals surface area (Å²) in [7, 11) is 1.25. The molecule has 1 atom stereocenters. The molecule has 298 valence electrons. The number of benzene rings is 3. The molecule has 2 aliphatic carbocycles. The Morgan fingerprint density at radius 3 is 2.23 bits per heavy atom. The van der Waals surface area contributed by atoms with Crippen molar-refractivity contribution in [2.75, 3.05) is 19.0 Å². The summed E-state index contributed by atoms with van der Waals surface area (Å²) in [6, 6.07) is 16.8.